The first-order chi connectivity index (χ1) is 9.99. The Morgan fingerprint density at radius 2 is 2.14 bits per heavy atom. The maximum absolute atomic E-state index is 11.7. The Kier molecular flexibility index (Phi) is 4.49. The number of nitrogens with zero attached hydrogens (tertiary/aromatic N) is 2. The van der Waals surface area contributed by atoms with Crippen molar-refractivity contribution < 1.29 is 18.7 Å². The monoisotopic (exact) mass is 307 g/mol. The fourth-order valence-electron chi connectivity index (χ4n) is 1.55. The Hall–Kier alpha value is -2.48. The van der Waals surface area contributed by atoms with Crippen molar-refractivity contribution >= 4 is 34.4 Å². The summed E-state index contributed by atoms with van der Waals surface area (Å²) in [5.74, 6) is -0.0253. The highest BCUT2D eigenvalue weighted by atomic mass is 32.1. The van der Waals surface area contributed by atoms with E-state index in [1.54, 1.807) is 13.8 Å². The number of amides is 1. The van der Waals surface area contributed by atoms with Crippen molar-refractivity contribution in [2.45, 2.75) is 13.8 Å². The van der Waals surface area contributed by atoms with Gasteiger partial charge in [-0.25, -0.2) is 4.79 Å². The number of anilines is 1. The predicted octanol–water partition coefficient (Wildman–Crippen LogP) is 2.19. The van der Waals surface area contributed by atoms with E-state index in [9.17, 15) is 9.59 Å². The molecule has 2 heterocycles. The van der Waals surface area contributed by atoms with Crippen LogP contribution in [-0.4, -0.2) is 29.2 Å². The number of furan rings is 1. The van der Waals surface area contributed by atoms with Crippen molar-refractivity contribution in [3.05, 3.63) is 34.2 Å². The molecule has 0 aliphatic rings. The number of methoxy groups -OCH3 is 1. The van der Waals surface area contributed by atoms with E-state index in [-0.39, 0.29) is 5.91 Å². The highest BCUT2D eigenvalue weighted by Gasteiger charge is 2.14. The van der Waals surface area contributed by atoms with Crippen molar-refractivity contribution in [3.8, 4) is 0 Å². The Bertz CT molecular complexity index is 702. The molecule has 1 amide bonds. The van der Waals surface area contributed by atoms with Gasteiger partial charge in [-0.1, -0.05) is 11.3 Å². The number of nitrogens with one attached hydrogen (secondary N) is 1. The van der Waals surface area contributed by atoms with Gasteiger partial charge in [0.1, 0.15) is 22.1 Å². The van der Waals surface area contributed by atoms with Gasteiger partial charge < -0.3 is 9.15 Å². The van der Waals surface area contributed by atoms with Crippen LogP contribution in [0.2, 0.25) is 0 Å². The van der Waals surface area contributed by atoms with Gasteiger partial charge in [-0.05, 0) is 26.0 Å². The SMILES string of the molecule is COC(=O)c1cc(/C=C/C(=O)Nc2nnc(C)s2)oc1C. The van der Waals surface area contributed by atoms with Crippen molar-refractivity contribution in [1.82, 2.24) is 10.2 Å². The molecule has 110 valence electrons. The molecular weight excluding hydrogens is 294 g/mol. The van der Waals surface area contributed by atoms with E-state index in [1.807, 2.05) is 0 Å². The summed E-state index contributed by atoms with van der Waals surface area (Å²) in [6.07, 6.45) is 2.75. The predicted molar refractivity (Wildman–Crippen MR) is 77.1 cm³/mol. The minimum atomic E-state index is -0.482. The quantitative estimate of drug-likeness (QED) is 0.687. The topological polar surface area (TPSA) is 94.3 Å². The molecule has 0 radical (unpaired) electrons. The van der Waals surface area contributed by atoms with Crippen LogP contribution >= 0.6 is 11.3 Å². The molecule has 0 aliphatic carbocycles. The number of aryl methyl sites for hydroxylation is 2. The molecule has 0 fully saturated rings. The summed E-state index contributed by atoms with van der Waals surface area (Å²) in [7, 11) is 1.29. The molecule has 2 aromatic heterocycles. The van der Waals surface area contributed by atoms with Crippen LogP contribution in [0.4, 0.5) is 5.13 Å². The Morgan fingerprint density at radius 1 is 1.38 bits per heavy atom. The summed E-state index contributed by atoms with van der Waals surface area (Å²) in [6.45, 7) is 3.44. The molecule has 0 saturated carbocycles. The normalized spacial score (nSPS) is 10.8. The van der Waals surface area contributed by atoms with E-state index in [0.29, 0.717) is 22.2 Å². The highest BCUT2D eigenvalue weighted by molar-refractivity contribution is 7.15. The number of rotatable bonds is 4. The zero-order valence-corrected chi connectivity index (χ0v) is 12.5. The lowest BCUT2D eigenvalue weighted by Crippen LogP contribution is -2.07. The number of hydrogen-bond acceptors (Lipinski definition) is 7. The van der Waals surface area contributed by atoms with Gasteiger partial charge in [0, 0.05) is 6.08 Å². The van der Waals surface area contributed by atoms with Crippen LogP contribution in [0.3, 0.4) is 0 Å². The van der Waals surface area contributed by atoms with Crippen LogP contribution in [0.25, 0.3) is 6.08 Å². The van der Waals surface area contributed by atoms with Crippen molar-refractivity contribution in [2.24, 2.45) is 0 Å². The van der Waals surface area contributed by atoms with E-state index < -0.39 is 5.97 Å². The molecule has 21 heavy (non-hydrogen) atoms. The van der Waals surface area contributed by atoms with Crippen molar-refractivity contribution in [1.29, 1.82) is 0 Å². The van der Waals surface area contributed by atoms with Crippen molar-refractivity contribution in [3.63, 3.8) is 0 Å². The molecule has 0 aliphatic heterocycles. The Labute approximate surface area is 124 Å². The van der Waals surface area contributed by atoms with Gasteiger partial charge in [0.25, 0.3) is 0 Å². The minimum absolute atomic E-state index is 0.331. The molecule has 0 unspecified atom stereocenters. The average molecular weight is 307 g/mol. The van der Waals surface area contributed by atoms with Crippen LogP contribution in [0, 0.1) is 13.8 Å². The molecule has 2 rings (SSSR count). The third kappa shape index (κ3) is 3.76. The van der Waals surface area contributed by atoms with Gasteiger partial charge >= 0.3 is 5.97 Å². The third-order valence-corrected chi connectivity index (χ3v) is 3.25. The molecule has 0 aromatic carbocycles. The highest BCUT2D eigenvalue weighted by Crippen LogP contribution is 2.17. The number of ether oxygens (including phenoxy) is 1. The van der Waals surface area contributed by atoms with E-state index in [1.165, 1.54) is 36.7 Å². The maximum atomic E-state index is 11.7. The Morgan fingerprint density at radius 3 is 2.76 bits per heavy atom. The molecule has 1 N–H and O–H groups in total. The summed E-state index contributed by atoms with van der Waals surface area (Å²) in [5, 5.41) is 11.3. The number of carbonyl (C=O) groups is 2. The van der Waals surface area contributed by atoms with Crippen LogP contribution in [-0.2, 0) is 9.53 Å². The molecule has 0 spiro atoms. The van der Waals surface area contributed by atoms with Gasteiger partial charge in [-0.15, -0.1) is 10.2 Å². The lowest BCUT2D eigenvalue weighted by atomic mass is 10.2. The number of hydrogen-bond donors (Lipinski definition) is 1. The van der Waals surface area contributed by atoms with Crippen LogP contribution < -0.4 is 5.32 Å². The summed E-state index contributed by atoms with van der Waals surface area (Å²) >= 11 is 1.28. The van der Waals surface area contributed by atoms with E-state index >= 15 is 0 Å². The van der Waals surface area contributed by atoms with Gasteiger partial charge in [0.05, 0.1) is 7.11 Å². The van der Waals surface area contributed by atoms with Crippen LogP contribution in [0.15, 0.2) is 16.6 Å². The largest absolute Gasteiger partial charge is 0.465 e. The standard InChI is InChI=1S/C13H13N3O4S/c1-7-10(12(18)19-3)6-9(20-7)4-5-11(17)14-13-16-15-8(2)21-13/h4-6H,1-3H3,(H,14,16,17)/b5-4+. The molecule has 7 nitrogen and oxygen atoms in total. The number of carbonyl (C=O) groups excluding carboxylic acids is 2. The summed E-state index contributed by atoms with van der Waals surface area (Å²) in [6, 6.07) is 1.51. The zero-order valence-electron chi connectivity index (χ0n) is 11.7. The zero-order chi connectivity index (χ0) is 15.4. The second-order valence-electron chi connectivity index (χ2n) is 4.06. The first-order valence-corrected chi connectivity index (χ1v) is 6.79. The fourth-order valence-corrected chi connectivity index (χ4v) is 2.15. The number of aromatic nitrogens is 2. The summed E-state index contributed by atoms with van der Waals surface area (Å²) < 4.78 is 9.97. The van der Waals surface area contributed by atoms with Crippen molar-refractivity contribution in [2.75, 3.05) is 12.4 Å². The smallest absolute Gasteiger partial charge is 0.341 e. The van der Waals surface area contributed by atoms with E-state index in [2.05, 4.69) is 20.3 Å². The second-order valence-corrected chi connectivity index (χ2v) is 5.24. The molecule has 8 heteroatoms. The van der Waals surface area contributed by atoms with E-state index in [0.717, 1.165) is 5.01 Å². The lowest BCUT2D eigenvalue weighted by molar-refractivity contribution is -0.111. The van der Waals surface area contributed by atoms with Gasteiger partial charge in [-0.3, -0.25) is 10.1 Å². The average Bonchev–Trinajstić information content (AvgIpc) is 3.02. The van der Waals surface area contributed by atoms with Gasteiger partial charge in [0.15, 0.2) is 0 Å². The fraction of sp³-hybridized carbons (Fsp3) is 0.231. The first kappa shape index (κ1) is 14.9. The minimum Gasteiger partial charge on any atom is -0.465 e. The van der Waals surface area contributed by atoms with Gasteiger partial charge in [0.2, 0.25) is 11.0 Å². The molecule has 0 atom stereocenters. The first-order valence-electron chi connectivity index (χ1n) is 5.97. The summed E-state index contributed by atoms with van der Waals surface area (Å²) in [4.78, 5) is 23.1. The maximum Gasteiger partial charge on any atom is 0.341 e. The number of esters is 1. The second kappa shape index (κ2) is 6.31. The van der Waals surface area contributed by atoms with Crippen LogP contribution in [0.5, 0.6) is 0 Å². The summed E-state index contributed by atoms with van der Waals surface area (Å²) in [5.41, 5.74) is 0.331. The molecular formula is C13H13N3O4S. The van der Waals surface area contributed by atoms with E-state index in [4.69, 9.17) is 4.42 Å². The van der Waals surface area contributed by atoms with Crippen LogP contribution in [0.1, 0.15) is 26.9 Å². The molecule has 0 saturated heterocycles. The molecule has 2 aromatic rings. The third-order valence-electron chi connectivity index (χ3n) is 2.50. The van der Waals surface area contributed by atoms with Gasteiger partial charge in [-0.2, -0.15) is 0 Å². The molecule has 0 bridgehead atoms. The Balaban J connectivity index is 2.03. The lowest BCUT2D eigenvalue weighted by Gasteiger charge is -1.93.